The van der Waals surface area contributed by atoms with Crippen molar-refractivity contribution in [2.75, 3.05) is 5.73 Å². The number of benzene rings is 1. The predicted molar refractivity (Wildman–Crippen MR) is 45.7 cm³/mol. The molecule has 0 aliphatic carbocycles. The zero-order chi connectivity index (χ0) is 12.6. The number of halogens is 6. The predicted octanol–water partition coefficient (Wildman–Crippen LogP) is 3.48. The molecule has 0 aliphatic heterocycles. The van der Waals surface area contributed by atoms with Crippen LogP contribution < -0.4 is 5.73 Å². The first-order valence-corrected chi connectivity index (χ1v) is 4.11. The third kappa shape index (κ3) is 2.07. The third-order valence-electron chi connectivity index (χ3n) is 1.97. The van der Waals surface area contributed by atoms with Crippen LogP contribution in [0.15, 0.2) is 24.3 Å². The van der Waals surface area contributed by atoms with Gasteiger partial charge in [0.25, 0.3) is 0 Å². The van der Waals surface area contributed by atoms with Crippen molar-refractivity contribution in [2.45, 2.75) is 18.3 Å². The van der Waals surface area contributed by atoms with Crippen LogP contribution in [0.2, 0.25) is 0 Å². The SMILES string of the molecule is Nc1ccccc1C(F)C(F)(F)C(F)(F)F. The van der Waals surface area contributed by atoms with E-state index in [4.69, 9.17) is 5.73 Å². The van der Waals surface area contributed by atoms with Gasteiger partial charge in [-0.2, -0.15) is 22.0 Å². The van der Waals surface area contributed by atoms with Crippen molar-refractivity contribution < 1.29 is 26.3 Å². The van der Waals surface area contributed by atoms with Gasteiger partial charge in [-0.15, -0.1) is 0 Å². The topological polar surface area (TPSA) is 26.0 Å². The number of alkyl halides is 6. The number of hydrogen-bond acceptors (Lipinski definition) is 1. The van der Waals surface area contributed by atoms with Gasteiger partial charge in [0.2, 0.25) is 0 Å². The molecule has 1 nitrogen and oxygen atoms in total. The van der Waals surface area contributed by atoms with E-state index in [1.165, 1.54) is 6.07 Å². The fraction of sp³-hybridized carbons (Fsp3) is 0.333. The molecule has 0 saturated heterocycles. The second-order valence-electron chi connectivity index (χ2n) is 3.11. The molecule has 1 aromatic carbocycles. The second kappa shape index (κ2) is 3.88. The number of rotatable bonds is 2. The molecule has 0 saturated carbocycles. The fourth-order valence-electron chi connectivity index (χ4n) is 1.08. The normalized spacial score (nSPS) is 14.9. The Morgan fingerprint density at radius 1 is 1.00 bits per heavy atom. The maximum absolute atomic E-state index is 13.1. The molecule has 0 amide bonds. The maximum atomic E-state index is 13.1. The van der Waals surface area contributed by atoms with E-state index in [1.54, 1.807) is 0 Å². The van der Waals surface area contributed by atoms with Crippen LogP contribution in [0.1, 0.15) is 11.7 Å². The minimum Gasteiger partial charge on any atom is -0.398 e. The van der Waals surface area contributed by atoms with Gasteiger partial charge < -0.3 is 5.73 Å². The quantitative estimate of drug-likeness (QED) is 0.624. The zero-order valence-corrected chi connectivity index (χ0v) is 7.73. The van der Waals surface area contributed by atoms with Crippen LogP contribution in [0.4, 0.5) is 32.0 Å². The van der Waals surface area contributed by atoms with Gasteiger partial charge in [-0.1, -0.05) is 18.2 Å². The number of para-hydroxylation sites is 1. The van der Waals surface area contributed by atoms with Crippen molar-refractivity contribution in [3.05, 3.63) is 29.8 Å². The molecule has 1 unspecified atom stereocenters. The molecular formula is C9H7F6N. The van der Waals surface area contributed by atoms with Crippen LogP contribution in [0, 0.1) is 0 Å². The Hall–Kier alpha value is -1.40. The number of nitrogen functional groups attached to an aromatic ring is 1. The summed E-state index contributed by atoms with van der Waals surface area (Å²) in [7, 11) is 0. The average Bonchev–Trinajstić information content (AvgIpc) is 2.15. The minimum absolute atomic E-state index is 0.445. The zero-order valence-electron chi connectivity index (χ0n) is 7.73. The van der Waals surface area contributed by atoms with Gasteiger partial charge in [-0.05, 0) is 6.07 Å². The molecule has 0 aliphatic rings. The van der Waals surface area contributed by atoms with Crippen molar-refractivity contribution in [1.29, 1.82) is 0 Å². The van der Waals surface area contributed by atoms with Gasteiger partial charge in [0.1, 0.15) is 0 Å². The summed E-state index contributed by atoms with van der Waals surface area (Å²) in [5, 5.41) is 0. The lowest BCUT2D eigenvalue weighted by Gasteiger charge is -2.24. The van der Waals surface area contributed by atoms with Crippen molar-refractivity contribution >= 4 is 5.69 Å². The molecule has 2 N–H and O–H groups in total. The number of nitrogens with two attached hydrogens (primary N) is 1. The Morgan fingerprint density at radius 2 is 1.50 bits per heavy atom. The van der Waals surface area contributed by atoms with Gasteiger partial charge in [0, 0.05) is 11.3 Å². The highest BCUT2D eigenvalue weighted by Gasteiger charge is 2.63. The van der Waals surface area contributed by atoms with E-state index >= 15 is 0 Å². The van der Waals surface area contributed by atoms with E-state index in [2.05, 4.69) is 0 Å². The lowest BCUT2D eigenvalue weighted by atomic mass is 10.0. The van der Waals surface area contributed by atoms with E-state index < -0.39 is 29.5 Å². The van der Waals surface area contributed by atoms with Gasteiger partial charge >= 0.3 is 12.1 Å². The molecule has 90 valence electrons. The lowest BCUT2D eigenvalue weighted by Crippen LogP contribution is -2.40. The van der Waals surface area contributed by atoms with E-state index in [0.29, 0.717) is 0 Å². The molecule has 16 heavy (non-hydrogen) atoms. The molecule has 0 fully saturated rings. The maximum Gasteiger partial charge on any atom is 0.456 e. The summed E-state index contributed by atoms with van der Waals surface area (Å²) in [6, 6.07) is 4.27. The van der Waals surface area contributed by atoms with Crippen molar-refractivity contribution in [1.82, 2.24) is 0 Å². The molecule has 1 atom stereocenters. The summed E-state index contributed by atoms with van der Waals surface area (Å²) in [5.41, 5.74) is 3.80. The van der Waals surface area contributed by atoms with Crippen LogP contribution >= 0.6 is 0 Å². The lowest BCUT2D eigenvalue weighted by molar-refractivity contribution is -0.305. The summed E-state index contributed by atoms with van der Waals surface area (Å²) >= 11 is 0. The molecule has 1 rings (SSSR count). The molecule has 0 aromatic heterocycles. The highest BCUT2D eigenvalue weighted by atomic mass is 19.4. The largest absolute Gasteiger partial charge is 0.456 e. The van der Waals surface area contributed by atoms with Crippen molar-refractivity contribution in [3.8, 4) is 0 Å². The number of hydrogen-bond donors (Lipinski definition) is 1. The van der Waals surface area contributed by atoms with E-state index in [0.717, 1.165) is 18.2 Å². The first-order valence-electron chi connectivity index (χ1n) is 4.11. The van der Waals surface area contributed by atoms with Crippen LogP contribution in [-0.2, 0) is 0 Å². The first-order chi connectivity index (χ1) is 7.18. The summed E-state index contributed by atoms with van der Waals surface area (Å²) in [6.45, 7) is 0. The highest BCUT2D eigenvalue weighted by molar-refractivity contribution is 5.48. The van der Waals surface area contributed by atoms with E-state index in [1.807, 2.05) is 0 Å². The molecule has 0 spiro atoms. The van der Waals surface area contributed by atoms with Gasteiger partial charge in [0.15, 0.2) is 6.17 Å². The van der Waals surface area contributed by atoms with E-state index in [-0.39, 0.29) is 0 Å². The Bertz CT molecular complexity index is 373. The Morgan fingerprint density at radius 3 is 1.94 bits per heavy atom. The van der Waals surface area contributed by atoms with E-state index in [9.17, 15) is 26.3 Å². The highest BCUT2D eigenvalue weighted by Crippen LogP contribution is 2.47. The standard InChI is InChI=1S/C9H7F6N/c10-7(8(11,12)9(13,14)15)5-3-1-2-4-6(5)16/h1-4,7H,16H2. The Kier molecular flexibility index (Phi) is 3.07. The Balaban J connectivity index is 3.12. The molecule has 0 bridgehead atoms. The van der Waals surface area contributed by atoms with Crippen molar-refractivity contribution in [2.24, 2.45) is 0 Å². The fourth-order valence-corrected chi connectivity index (χ4v) is 1.08. The summed E-state index contributed by atoms with van der Waals surface area (Å²) < 4.78 is 74.0. The molecule has 0 radical (unpaired) electrons. The first kappa shape index (κ1) is 12.7. The van der Waals surface area contributed by atoms with Gasteiger partial charge in [-0.25, -0.2) is 4.39 Å². The molecule has 0 heterocycles. The number of anilines is 1. The monoisotopic (exact) mass is 243 g/mol. The van der Waals surface area contributed by atoms with Gasteiger partial charge in [0.05, 0.1) is 0 Å². The van der Waals surface area contributed by atoms with Crippen molar-refractivity contribution in [3.63, 3.8) is 0 Å². The average molecular weight is 243 g/mol. The van der Waals surface area contributed by atoms with Gasteiger partial charge in [-0.3, -0.25) is 0 Å². The Labute approximate surface area is 86.9 Å². The molecule has 7 heteroatoms. The minimum atomic E-state index is -5.95. The van der Waals surface area contributed by atoms with Crippen LogP contribution in [0.3, 0.4) is 0 Å². The third-order valence-corrected chi connectivity index (χ3v) is 1.97. The van der Waals surface area contributed by atoms with Crippen LogP contribution in [0.25, 0.3) is 0 Å². The summed E-state index contributed by atoms with van der Waals surface area (Å²) in [5.74, 6) is -5.46. The summed E-state index contributed by atoms with van der Waals surface area (Å²) in [6.07, 6.45) is -9.46. The molecule has 1 aromatic rings. The smallest absolute Gasteiger partial charge is 0.398 e. The van der Waals surface area contributed by atoms with Crippen LogP contribution in [0.5, 0.6) is 0 Å². The summed E-state index contributed by atoms with van der Waals surface area (Å²) in [4.78, 5) is 0. The second-order valence-corrected chi connectivity index (χ2v) is 3.11. The van der Waals surface area contributed by atoms with Crippen LogP contribution in [-0.4, -0.2) is 12.1 Å². The molecular weight excluding hydrogens is 236 g/mol.